The lowest BCUT2D eigenvalue weighted by Gasteiger charge is -2.14. The molecule has 9 heteroatoms. The zero-order chi connectivity index (χ0) is 20.0. The van der Waals surface area contributed by atoms with Gasteiger partial charge in [0.25, 0.3) is 0 Å². The summed E-state index contributed by atoms with van der Waals surface area (Å²) in [7, 11) is -3.76. The third kappa shape index (κ3) is 6.67. The molecule has 2 aromatic carbocycles. The average Bonchev–Trinajstić information content (AvgIpc) is 2.55. The Hall–Kier alpha value is -2.42. The van der Waals surface area contributed by atoms with Crippen molar-refractivity contribution in [3.63, 3.8) is 0 Å². The standard InChI is InChI=1S/C18H19ClN2O5S/c1-12(21-27(25,26)16-8-4-14(19)5-9-16)10-17(22)20-15-6-2-13(3-7-15)11-18(23)24/h2-9,12,21H,10-11H2,1H3,(H,20,22)(H,23,24). The number of carboxylic acids is 1. The molecule has 0 aliphatic carbocycles. The van der Waals surface area contributed by atoms with Crippen molar-refractivity contribution in [3.8, 4) is 0 Å². The molecular weight excluding hydrogens is 392 g/mol. The fourth-order valence-corrected chi connectivity index (χ4v) is 3.73. The summed E-state index contributed by atoms with van der Waals surface area (Å²) in [6.45, 7) is 1.59. The van der Waals surface area contributed by atoms with Crippen molar-refractivity contribution in [1.29, 1.82) is 0 Å². The van der Waals surface area contributed by atoms with E-state index in [2.05, 4.69) is 10.0 Å². The number of sulfonamides is 1. The Bertz CT molecular complexity index is 912. The molecule has 7 nitrogen and oxygen atoms in total. The number of benzene rings is 2. The molecule has 0 heterocycles. The second-order valence-corrected chi connectivity index (χ2v) is 8.15. The van der Waals surface area contributed by atoms with Gasteiger partial charge in [-0.05, 0) is 48.9 Å². The van der Waals surface area contributed by atoms with Crippen molar-refractivity contribution in [1.82, 2.24) is 4.72 Å². The molecule has 0 radical (unpaired) electrons. The van der Waals surface area contributed by atoms with E-state index in [1.54, 1.807) is 31.2 Å². The molecular formula is C18H19ClN2O5S. The van der Waals surface area contributed by atoms with Crippen LogP contribution in [0.5, 0.6) is 0 Å². The number of halogens is 1. The summed E-state index contributed by atoms with van der Waals surface area (Å²) in [5.74, 6) is -1.30. The molecule has 27 heavy (non-hydrogen) atoms. The van der Waals surface area contributed by atoms with E-state index >= 15 is 0 Å². The summed E-state index contributed by atoms with van der Waals surface area (Å²) < 4.78 is 27.0. The Morgan fingerprint density at radius 1 is 1.07 bits per heavy atom. The highest BCUT2D eigenvalue weighted by Crippen LogP contribution is 2.15. The second kappa shape index (κ2) is 8.98. The van der Waals surface area contributed by atoms with Gasteiger partial charge in [-0.1, -0.05) is 23.7 Å². The highest BCUT2D eigenvalue weighted by molar-refractivity contribution is 7.89. The number of anilines is 1. The minimum atomic E-state index is -3.76. The van der Waals surface area contributed by atoms with Gasteiger partial charge in [0.15, 0.2) is 0 Å². The molecule has 0 spiro atoms. The third-order valence-electron chi connectivity index (χ3n) is 3.56. The highest BCUT2D eigenvalue weighted by atomic mass is 35.5. The molecule has 0 aromatic heterocycles. The monoisotopic (exact) mass is 410 g/mol. The van der Waals surface area contributed by atoms with Gasteiger partial charge in [0.1, 0.15) is 0 Å². The lowest BCUT2D eigenvalue weighted by Crippen LogP contribution is -2.35. The second-order valence-electron chi connectivity index (χ2n) is 6.00. The van der Waals surface area contributed by atoms with Gasteiger partial charge >= 0.3 is 5.97 Å². The number of carbonyl (C=O) groups excluding carboxylic acids is 1. The van der Waals surface area contributed by atoms with Crippen LogP contribution in [0, 0.1) is 0 Å². The largest absolute Gasteiger partial charge is 0.481 e. The van der Waals surface area contributed by atoms with E-state index in [1.807, 2.05) is 0 Å². The van der Waals surface area contributed by atoms with Crippen LogP contribution in [0.15, 0.2) is 53.4 Å². The minimum Gasteiger partial charge on any atom is -0.481 e. The molecule has 2 aromatic rings. The third-order valence-corrected chi connectivity index (χ3v) is 5.42. The molecule has 1 amide bonds. The number of hydrogen-bond donors (Lipinski definition) is 3. The quantitative estimate of drug-likeness (QED) is 0.619. The Morgan fingerprint density at radius 2 is 1.67 bits per heavy atom. The Labute approximate surface area is 162 Å². The first kappa shape index (κ1) is 20.9. The first-order chi connectivity index (χ1) is 12.7. The number of carboxylic acid groups (broad SMARTS) is 1. The van der Waals surface area contributed by atoms with Crippen LogP contribution in [0.4, 0.5) is 5.69 Å². The van der Waals surface area contributed by atoms with E-state index in [9.17, 15) is 18.0 Å². The van der Waals surface area contributed by atoms with Crippen molar-refractivity contribution in [3.05, 3.63) is 59.1 Å². The number of rotatable bonds is 8. The molecule has 2 rings (SSSR count). The van der Waals surface area contributed by atoms with Crippen LogP contribution in [0.25, 0.3) is 0 Å². The van der Waals surface area contributed by atoms with Crippen molar-refractivity contribution in [2.45, 2.75) is 30.7 Å². The van der Waals surface area contributed by atoms with Gasteiger partial charge in [-0.25, -0.2) is 13.1 Å². The van der Waals surface area contributed by atoms with Crippen molar-refractivity contribution >= 4 is 39.2 Å². The van der Waals surface area contributed by atoms with Crippen molar-refractivity contribution < 1.29 is 23.1 Å². The lowest BCUT2D eigenvalue weighted by atomic mass is 10.1. The van der Waals surface area contributed by atoms with Crippen LogP contribution < -0.4 is 10.0 Å². The number of amides is 1. The zero-order valence-corrected chi connectivity index (χ0v) is 16.0. The van der Waals surface area contributed by atoms with Gasteiger partial charge in [0.2, 0.25) is 15.9 Å². The summed E-state index contributed by atoms with van der Waals surface area (Å²) in [6, 6.07) is 11.5. The van der Waals surface area contributed by atoms with Gasteiger partial charge in [-0.2, -0.15) is 0 Å². The van der Waals surface area contributed by atoms with E-state index in [0.717, 1.165) is 0 Å². The smallest absolute Gasteiger partial charge is 0.307 e. The molecule has 144 valence electrons. The molecule has 0 bridgehead atoms. The van der Waals surface area contributed by atoms with E-state index in [-0.39, 0.29) is 23.6 Å². The summed E-state index contributed by atoms with van der Waals surface area (Å²) >= 11 is 5.75. The predicted molar refractivity (Wildman–Crippen MR) is 102 cm³/mol. The Morgan fingerprint density at radius 3 is 2.22 bits per heavy atom. The van der Waals surface area contributed by atoms with Crippen molar-refractivity contribution in [2.75, 3.05) is 5.32 Å². The lowest BCUT2D eigenvalue weighted by molar-refractivity contribution is -0.136. The Balaban J connectivity index is 1.91. The predicted octanol–water partition coefficient (Wildman–Crippen LogP) is 2.66. The minimum absolute atomic E-state index is 0.0631. The fourth-order valence-electron chi connectivity index (χ4n) is 2.36. The van der Waals surface area contributed by atoms with Crippen LogP contribution >= 0.6 is 11.6 Å². The zero-order valence-electron chi connectivity index (χ0n) is 14.5. The molecule has 0 aliphatic rings. The molecule has 3 N–H and O–H groups in total. The maximum absolute atomic E-state index is 12.3. The van der Waals surface area contributed by atoms with Crippen LogP contribution in [-0.4, -0.2) is 31.4 Å². The first-order valence-corrected chi connectivity index (χ1v) is 9.90. The summed E-state index contributed by atoms with van der Waals surface area (Å²) in [5.41, 5.74) is 1.12. The number of nitrogens with one attached hydrogen (secondary N) is 2. The molecule has 0 saturated heterocycles. The average molecular weight is 411 g/mol. The van der Waals surface area contributed by atoms with E-state index in [1.165, 1.54) is 24.3 Å². The van der Waals surface area contributed by atoms with E-state index in [4.69, 9.17) is 16.7 Å². The molecule has 0 saturated carbocycles. The summed E-state index contributed by atoms with van der Waals surface area (Å²) in [6.07, 6.45) is -0.165. The van der Waals surface area contributed by atoms with Gasteiger partial charge in [-0.3, -0.25) is 9.59 Å². The molecule has 0 aliphatic heterocycles. The van der Waals surface area contributed by atoms with Crippen LogP contribution in [0.3, 0.4) is 0 Å². The fraction of sp³-hybridized carbons (Fsp3) is 0.222. The first-order valence-electron chi connectivity index (χ1n) is 8.04. The molecule has 0 fully saturated rings. The van der Waals surface area contributed by atoms with Gasteiger partial charge in [0, 0.05) is 23.2 Å². The van der Waals surface area contributed by atoms with Gasteiger partial charge in [-0.15, -0.1) is 0 Å². The molecule has 1 unspecified atom stereocenters. The molecule has 1 atom stereocenters. The normalized spacial score (nSPS) is 12.4. The van der Waals surface area contributed by atoms with Crippen molar-refractivity contribution in [2.24, 2.45) is 0 Å². The number of carbonyl (C=O) groups is 2. The summed E-state index contributed by atoms with van der Waals surface area (Å²) in [4.78, 5) is 22.8. The highest BCUT2D eigenvalue weighted by Gasteiger charge is 2.19. The SMILES string of the molecule is CC(CC(=O)Nc1ccc(CC(=O)O)cc1)NS(=O)(=O)c1ccc(Cl)cc1. The van der Waals surface area contributed by atoms with Crippen LogP contribution in [0.2, 0.25) is 5.02 Å². The van der Waals surface area contributed by atoms with Gasteiger partial charge in [0.05, 0.1) is 11.3 Å². The van der Waals surface area contributed by atoms with E-state index < -0.39 is 22.0 Å². The van der Waals surface area contributed by atoms with Crippen LogP contribution in [-0.2, 0) is 26.0 Å². The van der Waals surface area contributed by atoms with E-state index in [0.29, 0.717) is 16.3 Å². The Kier molecular flexibility index (Phi) is 6.95. The maximum Gasteiger partial charge on any atom is 0.307 e. The van der Waals surface area contributed by atoms with Crippen LogP contribution in [0.1, 0.15) is 18.9 Å². The number of aliphatic carboxylic acids is 1. The topological polar surface area (TPSA) is 113 Å². The number of hydrogen-bond acceptors (Lipinski definition) is 4. The van der Waals surface area contributed by atoms with Gasteiger partial charge < -0.3 is 10.4 Å². The maximum atomic E-state index is 12.3. The summed E-state index contributed by atoms with van der Waals surface area (Å²) in [5, 5.41) is 11.8.